The van der Waals surface area contributed by atoms with Gasteiger partial charge in [0, 0.05) is 23.6 Å². The largest absolute Gasteiger partial charge is 0.459 e. The fourth-order valence-corrected chi connectivity index (χ4v) is 3.28. The van der Waals surface area contributed by atoms with Crippen LogP contribution in [-0.4, -0.2) is 23.8 Å². The van der Waals surface area contributed by atoms with Gasteiger partial charge >= 0.3 is 6.03 Å². The molecule has 1 aliphatic rings. The molecule has 1 aromatic heterocycles. The summed E-state index contributed by atoms with van der Waals surface area (Å²) in [6, 6.07) is 7.94. The van der Waals surface area contributed by atoms with E-state index in [0.717, 1.165) is 48.0 Å². The summed E-state index contributed by atoms with van der Waals surface area (Å²) in [5, 5.41) is 16.1. The zero-order valence-electron chi connectivity index (χ0n) is 13.5. The number of benzene rings is 1. The number of aliphatic hydroxyl groups is 1. The molecule has 0 spiro atoms. The fourth-order valence-electron chi connectivity index (χ4n) is 3.28. The molecule has 1 aromatic carbocycles. The summed E-state index contributed by atoms with van der Waals surface area (Å²) in [5.41, 5.74) is 1.92. The van der Waals surface area contributed by atoms with Crippen molar-refractivity contribution >= 4 is 17.0 Å². The summed E-state index contributed by atoms with van der Waals surface area (Å²) >= 11 is 0. The van der Waals surface area contributed by atoms with E-state index in [0.29, 0.717) is 12.5 Å². The molecule has 3 N–H and O–H groups in total. The molecule has 0 aliphatic heterocycles. The normalized spacial score (nSPS) is 21.3. The molecule has 1 heterocycles. The van der Waals surface area contributed by atoms with Crippen molar-refractivity contribution in [3.05, 3.63) is 35.6 Å². The van der Waals surface area contributed by atoms with E-state index in [1.807, 2.05) is 31.2 Å². The van der Waals surface area contributed by atoms with Crippen molar-refractivity contribution in [1.29, 1.82) is 0 Å². The van der Waals surface area contributed by atoms with Gasteiger partial charge in [0.25, 0.3) is 0 Å². The predicted molar refractivity (Wildman–Crippen MR) is 89.2 cm³/mol. The van der Waals surface area contributed by atoms with Crippen molar-refractivity contribution in [1.82, 2.24) is 10.6 Å². The number of aryl methyl sites for hydroxylation is 1. The van der Waals surface area contributed by atoms with Gasteiger partial charge in [-0.1, -0.05) is 18.2 Å². The summed E-state index contributed by atoms with van der Waals surface area (Å²) in [6.07, 6.45) is 3.82. The molecule has 0 saturated heterocycles. The number of rotatable bonds is 4. The van der Waals surface area contributed by atoms with Crippen LogP contribution in [0.3, 0.4) is 0 Å². The molecule has 0 bridgehead atoms. The average Bonchev–Trinajstić information content (AvgIpc) is 2.90. The lowest BCUT2D eigenvalue weighted by atomic mass is 9.87. The second-order valence-corrected chi connectivity index (χ2v) is 6.37. The number of para-hydroxylation sites is 1. The van der Waals surface area contributed by atoms with Gasteiger partial charge < -0.3 is 20.2 Å². The number of urea groups is 1. The Labute approximate surface area is 136 Å². The Kier molecular flexibility index (Phi) is 4.86. The van der Waals surface area contributed by atoms with Crippen molar-refractivity contribution in [3.63, 3.8) is 0 Å². The molecule has 0 atom stereocenters. The standard InChI is InChI=1S/C18H24N2O3/c1-12-15-4-2-3-5-16(15)23-17(12)10-19-18(22)20-14-8-6-13(11-21)7-9-14/h2-5,13-14,21H,6-11H2,1H3,(H2,19,20,22). The van der Waals surface area contributed by atoms with Crippen LogP contribution in [0.4, 0.5) is 4.79 Å². The van der Waals surface area contributed by atoms with E-state index in [1.54, 1.807) is 0 Å². The SMILES string of the molecule is Cc1c(CNC(=O)NC2CCC(CO)CC2)oc2ccccc12. The molecule has 23 heavy (non-hydrogen) atoms. The lowest BCUT2D eigenvalue weighted by molar-refractivity contribution is 0.174. The molecule has 0 radical (unpaired) electrons. The smallest absolute Gasteiger partial charge is 0.315 e. The minimum atomic E-state index is -0.155. The van der Waals surface area contributed by atoms with Gasteiger partial charge in [-0.15, -0.1) is 0 Å². The highest BCUT2D eigenvalue weighted by Crippen LogP contribution is 2.25. The van der Waals surface area contributed by atoms with Crippen LogP contribution >= 0.6 is 0 Å². The first kappa shape index (κ1) is 15.9. The van der Waals surface area contributed by atoms with Crippen molar-refractivity contribution in [2.45, 2.75) is 45.2 Å². The number of hydrogen-bond acceptors (Lipinski definition) is 3. The molecule has 0 unspecified atom stereocenters. The monoisotopic (exact) mass is 316 g/mol. The molecule has 1 saturated carbocycles. The van der Waals surface area contributed by atoms with E-state index in [1.165, 1.54) is 0 Å². The third kappa shape index (κ3) is 3.67. The maximum Gasteiger partial charge on any atom is 0.315 e. The van der Waals surface area contributed by atoms with E-state index in [2.05, 4.69) is 10.6 Å². The lowest BCUT2D eigenvalue weighted by Crippen LogP contribution is -2.43. The van der Waals surface area contributed by atoms with Crippen molar-refractivity contribution < 1.29 is 14.3 Å². The summed E-state index contributed by atoms with van der Waals surface area (Å²) in [5.74, 6) is 1.19. The molecule has 3 rings (SSSR count). The predicted octanol–water partition coefficient (Wildman–Crippen LogP) is 3.09. The Bertz CT molecular complexity index is 672. The molecule has 124 valence electrons. The summed E-state index contributed by atoms with van der Waals surface area (Å²) in [7, 11) is 0. The maximum absolute atomic E-state index is 12.0. The first-order valence-electron chi connectivity index (χ1n) is 8.29. The van der Waals surface area contributed by atoms with Gasteiger partial charge in [0.15, 0.2) is 0 Å². The molecule has 1 fully saturated rings. The molecule has 2 aromatic rings. The minimum absolute atomic E-state index is 0.155. The van der Waals surface area contributed by atoms with Crippen LogP contribution < -0.4 is 10.6 Å². The molecule has 5 nitrogen and oxygen atoms in total. The Morgan fingerprint density at radius 2 is 2.00 bits per heavy atom. The van der Waals surface area contributed by atoms with E-state index in [4.69, 9.17) is 9.52 Å². The molecular weight excluding hydrogens is 292 g/mol. The zero-order chi connectivity index (χ0) is 16.2. The highest BCUT2D eigenvalue weighted by Gasteiger charge is 2.22. The van der Waals surface area contributed by atoms with E-state index >= 15 is 0 Å². The van der Waals surface area contributed by atoms with Crippen LogP contribution in [0.25, 0.3) is 11.0 Å². The fraction of sp³-hybridized carbons (Fsp3) is 0.500. The molecule has 5 heteroatoms. The lowest BCUT2D eigenvalue weighted by Gasteiger charge is -2.27. The summed E-state index contributed by atoms with van der Waals surface area (Å²) in [4.78, 5) is 12.0. The number of furan rings is 1. The first-order valence-corrected chi connectivity index (χ1v) is 8.29. The van der Waals surface area contributed by atoms with Crippen LogP contribution in [0.1, 0.15) is 37.0 Å². The Morgan fingerprint density at radius 1 is 1.26 bits per heavy atom. The maximum atomic E-state index is 12.0. The van der Waals surface area contributed by atoms with Crippen molar-refractivity contribution in [2.24, 2.45) is 5.92 Å². The highest BCUT2D eigenvalue weighted by atomic mass is 16.3. The van der Waals surface area contributed by atoms with Crippen LogP contribution in [0.15, 0.2) is 28.7 Å². The van der Waals surface area contributed by atoms with Crippen LogP contribution in [0.5, 0.6) is 0 Å². The zero-order valence-corrected chi connectivity index (χ0v) is 13.5. The quantitative estimate of drug-likeness (QED) is 0.811. The van der Waals surface area contributed by atoms with Gasteiger partial charge in [-0.2, -0.15) is 0 Å². The number of carbonyl (C=O) groups excluding carboxylic acids is 1. The number of carbonyl (C=O) groups is 1. The van der Waals surface area contributed by atoms with Crippen LogP contribution in [-0.2, 0) is 6.54 Å². The molecule has 1 aliphatic carbocycles. The number of nitrogens with one attached hydrogen (secondary N) is 2. The van der Waals surface area contributed by atoms with Crippen LogP contribution in [0.2, 0.25) is 0 Å². The van der Waals surface area contributed by atoms with Crippen molar-refractivity contribution in [3.8, 4) is 0 Å². The van der Waals surface area contributed by atoms with E-state index < -0.39 is 0 Å². The second-order valence-electron chi connectivity index (χ2n) is 6.37. The minimum Gasteiger partial charge on any atom is -0.459 e. The summed E-state index contributed by atoms with van der Waals surface area (Å²) < 4.78 is 5.80. The topological polar surface area (TPSA) is 74.5 Å². The van der Waals surface area contributed by atoms with E-state index in [9.17, 15) is 4.79 Å². The number of hydrogen-bond donors (Lipinski definition) is 3. The number of fused-ring (bicyclic) bond motifs is 1. The third-order valence-corrected chi connectivity index (χ3v) is 4.79. The molecule has 2 amide bonds. The van der Waals surface area contributed by atoms with Crippen LogP contribution in [0, 0.1) is 12.8 Å². The van der Waals surface area contributed by atoms with E-state index in [-0.39, 0.29) is 18.7 Å². The number of aliphatic hydroxyl groups excluding tert-OH is 1. The Balaban J connectivity index is 1.51. The average molecular weight is 316 g/mol. The highest BCUT2D eigenvalue weighted by molar-refractivity contribution is 5.82. The Hall–Kier alpha value is -2.01. The second kappa shape index (κ2) is 7.04. The van der Waals surface area contributed by atoms with Gasteiger partial charge in [-0.3, -0.25) is 0 Å². The van der Waals surface area contributed by atoms with Gasteiger partial charge in [0.05, 0.1) is 6.54 Å². The van der Waals surface area contributed by atoms with Crippen molar-refractivity contribution in [2.75, 3.05) is 6.61 Å². The van der Waals surface area contributed by atoms with Gasteiger partial charge in [-0.05, 0) is 44.6 Å². The van der Waals surface area contributed by atoms with Gasteiger partial charge in [0.1, 0.15) is 11.3 Å². The third-order valence-electron chi connectivity index (χ3n) is 4.79. The van der Waals surface area contributed by atoms with Gasteiger partial charge in [0.2, 0.25) is 0 Å². The summed E-state index contributed by atoms with van der Waals surface area (Å²) in [6.45, 7) is 2.65. The first-order chi connectivity index (χ1) is 11.2. The molecular formula is C18H24N2O3. The number of amides is 2. The van der Waals surface area contributed by atoms with Gasteiger partial charge in [-0.25, -0.2) is 4.79 Å². The Morgan fingerprint density at radius 3 is 2.70 bits per heavy atom.